The number of amides is 1. The van der Waals surface area contributed by atoms with E-state index in [2.05, 4.69) is 18.0 Å². The van der Waals surface area contributed by atoms with E-state index in [0.717, 1.165) is 17.6 Å². The standard InChI is InChI=1S/C17H23FN2O/c1-2-4-15(19)5-3-6-17(21)20-16-8-7-12-9-14(18)10-13(12)11-16/h2-3,5,7,11,14-16H,1,4,6,8-10,19H2,(H,20,21)/b5-3-. The van der Waals surface area contributed by atoms with Gasteiger partial charge in [0.05, 0.1) is 6.04 Å². The highest BCUT2D eigenvalue weighted by Gasteiger charge is 2.27. The van der Waals surface area contributed by atoms with Gasteiger partial charge in [0, 0.05) is 25.3 Å². The van der Waals surface area contributed by atoms with Gasteiger partial charge in [0.25, 0.3) is 0 Å². The molecule has 0 aromatic heterocycles. The van der Waals surface area contributed by atoms with Crippen molar-refractivity contribution in [3.63, 3.8) is 0 Å². The molecule has 1 amide bonds. The number of carbonyl (C=O) groups excluding carboxylic acids is 1. The quantitative estimate of drug-likeness (QED) is 0.739. The minimum Gasteiger partial charge on any atom is -0.349 e. The molecule has 4 heteroatoms. The van der Waals surface area contributed by atoms with Crippen LogP contribution in [-0.2, 0) is 4.79 Å². The average Bonchev–Trinajstić information content (AvgIpc) is 2.78. The van der Waals surface area contributed by atoms with E-state index in [1.807, 2.05) is 12.2 Å². The van der Waals surface area contributed by atoms with Crippen molar-refractivity contribution in [2.24, 2.45) is 5.73 Å². The SMILES string of the molecule is C=CCC(N)/C=C\CC(=O)NC1C=C2CC(F)CC2=CC1. The Balaban J connectivity index is 1.78. The molecule has 0 aromatic carbocycles. The van der Waals surface area contributed by atoms with E-state index in [4.69, 9.17) is 5.73 Å². The molecule has 0 spiro atoms. The molecule has 3 nitrogen and oxygen atoms in total. The molecule has 21 heavy (non-hydrogen) atoms. The maximum absolute atomic E-state index is 13.3. The zero-order valence-electron chi connectivity index (χ0n) is 12.2. The highest BCUT2D eigenvalue weighted by Crippen LogP contribution is 2.35. The fraction of sp³-hybridized carbons (Fsp3) is 0.471. The molecule has 0 radical (unpaired) electrons. The van der Waals surface area contributed by atoms with Gasteiger partial charge >= 0.3 is 0 Å². The third-order valence-electron chi connectivity index (χ3n) is 3.79. The van der Waals surface area contributed by atoms with Crippen molar-refractivity contribution in [3.05, 3.63) is 48.1 Å². The summed E-state index contributed by atoms with van der Waals surface area (Å²) in [5.41, 5.74) is 7.96. The number of fused-ring (bicyclic) bond motifs is 1. The van der Waals surface area contributed by atoms with Gasteiger partial charge in [-0.1, -0.05) is 30.4 Å². The Bertz CT molecular complexity index is 493. The summed E-state index contributed by atoms with van der Waals surface area (Å²) < 4.78 is 13.3. The summed E-state index contributed by atoms with van der Waals surface area (Å²) in [5, 5.41) is 2.96. The molecule has 1 fully saturated rings. The fourth-order valence-electron chi connectivity index (χ4n) is 2.77. The fourth-order valence-corrected chi connectivity index (χ4v) is 2.77. The van der Waals surface area contributed by atoms with Crippen LogP contribution in [0.3, 0.4) is 0 Å². The van der Waals surface area contributed by atoms with Crippen molar-refractivity contribution in [1.82, 2.24) is 5.32 Å². The van der Waals surface area contributed by atoms with Gasteiger partial charge in [-0.3, -0.25) is 4.79 Å². The van der Waals surface area contributed by atoms with E-state index in [1.54, 1.807) is 12.2 Å². The van der Waals surface area contributed by atoms with Crippen molar-refractivity contribution >= 4 is 5.91 Å². The Morgan fingerprint density at radius 2 is 2.29 bits per heavy atom. The molecule has 114 valence electrons. The first-order valence-electron chi connectivity index (χ1n) is 7.45. The summed E-state index contributed by atoms with van der Waals surface area (Å²) in [6, 6.07) is -0.102. The second kappa shape index (κ2) is 7.36. The highest BCUT2D eigenvalue weighted by molar-refractivity contribution is 5.78. The Hall–Kier alpha value is -1.68. The summed E-state index contributed by atoms with van der Waals surface area (Å²) in [5.74, 6) is -0.0365. The van der Waals surface area contributed by atoms with Gasteiger partial charge in [-0.25, -0.2) is 4.39 Å². The molecule has 2 aliphatic carbocycles. The third kappa shape index (κ3) is 4.67. The van der Waals surface area contributed by atoms with E-state index >= 15 is 0 Å². The van der Waals surface area contributed by atoms with Gasteiger partial charge in [0.15, 0.2) is 0 Å². The first-order chi connectivity index (χ1) is 10.1. The maximum atomic E-state index is 13.3. The van der Waals surface area contributed by atoms with Crippen LogP contribution in [0.2, 0.25) is 0 Å². The van der Waals surface area contributed by atoms with E-state index < -0.39 is 6.17 Å². The minimum atomic E-state index is -0.758. The van der Waals surface area contributed by atoms with E-state index in [-0.39, 0.29) is 18.0 Å². The molecule has 0 aliphatic heterocycles. The van der Waals surface area contributed by atoms with Crippen molar-refractivity contribution in [2.75, 3.05) is 0 Å². The predicted octanol–water partition coefficient (Wildman–Crippen LogP) is 2.71. The van der Waals surface area contributed by atoms with Crippen LogP contribution >= 0.6 is 0 Å². The van der Waals surface area contributed by atoms with Crippen molar-refractivity contribution < 1.29 is 9.18 Å². The Morgan fingerprint density at radius 1 is 1.52 bits per heavy atom. The van der Waals surface area contributed by atoms with Crippen LogP contribution in [0, 0.1) is 0 Å². The third-order valence-corrected chi connectivity index (χ3v) is 3.79. The lowest BCUT2D eigenvalue weighted by Crippen LogP contribution is -2.33. The molecule has 0 saturated heterocycles. The topological polar surface area (TPSA) is 55.1 Å². The van der Waals surface area contributed by atoms with Crippen LogP contribution in [0.25, 0.3) is 0 Å². The molecule has 1 saturated carbocycles. The molecule has 2 rings (SSSR count). The number of hydrogen-bond donors (Lipinski definition) is 2. The number of rotatable bonds is 6. The molecular weight excluding hydrogens is 267 g/mol. The van der Waals surface area contributed by atoms with Crippen LogP contribution in [0.1, 0.15) is 32.1 Å². The Kier molecular flexibility index (Phi) is 5.51. The van der Waals surface area contributed by atoms with Crippen LogP contribution in [0.4, 0.5) is 4.39 Å². The van der Waals surface area contributed by atoms with E-state index in [1.165, 1.54) is 0 Å². The zero-order valence-corrected chi connectivity index (χ0v) is 12.2. The molecular formula is C17H23FN2O. The summed E-state index contributed by atoms with van der Waals surface area (Å²) >= 11 is 0. The molecule has 3 unspecified atom stereocenters. The van der Waals surface area contributed by atoms with Gasteiger partial charge in [0.2, 0.25) is 5.91 Å². The van der Waals surface area contributed by atoms with Gasteiger partial charge in [-0.05, 0) is 24.0 Å². The number of halogens is 1. The summed E-state index contributed by atoms with van der Waals surface area (Å²) in [6.07, 6.45) is 11.4. The zero-order chi connectivity index (χ0) is 15.2. The van der Waals surface area contributed by atoms with Crippen LogP contribution in [-0.4, -0.2) is 24.2 Å². The van der Waals surface area contributed by atoms with Gasteiger partial charge in [-0.2, -0.15) is 0 Å². The lowest BCUT2D eigenvalue weighted by molar-refractivity contribution is -0.120. The lowest BCUT2D eigenvalue weighted by Gasteiger charge is -2.19. The average molecular weight is 290 g/mol. The first-order valence-corrected chi connectivity index (χ1v) is 7.45. The first kappa shape index (κ1) is 15.7. The van der Waals surface area contributed by atoms with Gasteiger partial charge in [0.1, 0.15) is 6.17 Å². The van der Waals surface area contributed by atoms with Crippen LogP contribution in [0.5, 0.6) is 0 Å². The second-order valence-corrected chi connectivity index (χ2v) is 5.66. The van der Waals surface area contributed by atoms with E-state index in [9.17, 15) is 9.18 Å². The summed E-state index contributed by atoms with van der Waals surface area (Å²) in [6.45, 7) is 3.62. The van der Waals surface area contributed by atoms with Crippen LogP contribution < -0.4 is 11.1 Å². The Morgan fingerprint density at radius 3 is 3.05 bits per heavy atom. The van der Waals surface area contributed by atoms with Crippen molar-refractivity contribution in [1.29, 1.82) is 0 Å². The second-order valence-electron chi connectivity index (χ2n) is 5.66. The van der Waals surface area contributed by atoms with Crippen LogP contribution in [0.15, 0.2) is 48.1 Å². The van der Waals surface area contributed by atoms with E-state index in [0.29, 0.717) is 25.7 Å². The monoisotopic (exact) mass is 290 g/mol. The van der Waals surface area contributed by atoms with Crippen molar-refractivity contribution in [2.45, 2.75) is 50.4 Å². The molecule has 3 atom stereocenters. The number of alkyl halides is 1. The van der Waals surface area contributed by atoms with Gasteiger partial charge in [-0.15, -0.1) is 6.58 Å². The maximum Gasteiger partial charge on any atom is 0.224 e. The normalized spacial score (nSPS) is 26.0. The molecule has 0 bridgehead atoms. The highest BCUT2D eigenvalue weighted by atomic mass is 19.1. The number of nitrogens with two attached hydrogens (primary N) is 1. The molecule has 3 N–H and O–H groups in total. The number of carbonyl (C=O) groups is 1. The largest absolute Gasteiger partial charge is 0.349 e. The predicted molar refractivity (Wildman–Crippen MR) is 83.4 cm³/mol. The summed E-state index contributed by atoms with van der Waals surface area (Å²) in [4.78, 5) is 11.9. The number of nitrogens with one attached hydrogen (secondary N) is 1. The van der Waals surface area contributed by atoms with Crippen molar-refractivity contribution in [3.8, 4) is 0 Å². The minimum absolute atomic E-state index is 0.0169. The van der Waals surface area contributed by atoms with Gasteiger partial charge < -0.3 is 11.1 Å². The summed E-state index contributed by atoms with van der Waals surface area (Å²) in [7, 11) is 0. The molecule has 0 aromatic rings. The molecule has 0 heterocycles. The lowest BCUT2D eigenvalue weighted by atomic mass is 9.97. The Labute approximate surface area is 125 Å². The number of allylic oxidation sites excluding steroid dienone is 2. The smallest absolute Gasteiger partial charge is 0.224 e. The number of hydrogen-bond acceptors (Lipinski definition) is 2. The molecule has 2 aliphatic rings.